The molecule has 0 radical (unpaired) electrons. The van der Waals surface area contributed by atoms with Crippen LogP contribution in [0.1, 0.15) is 41.0 Å². The van der Waals surface area contributed by atoms with Gasteiger partial charge in [-0.3, -0.25) is 4.79 Å². The monoisotopic (exact) mass is 326 g/mol. The van der Waals surface area contributed by atoms with Gasteiger partial charge in [0.1, 0.15) is 5.60 Å². The van der Waals surface area contributed by atoms with Gasteiger partial charge in [-0.25, -0.2) is 4.79 Å². The first-order valence-corrected chi connectivity index (χ1v) is 8.55. The molecule has 2 rings (SSSR count). The van der Waals surface area contributed by atoms with E-state index in [1.165, 1.54) is 0 Å². The number of morpholine rings is 1. The summed E-state index contributed by atoms with van der Waals surface area (Å²) in [5, 5.41) is 0. The molecule has 2 saturated heterocycles. The standard InChI is InChI=1S/C17H30N2O4/c1-12(2)14-11-18(8-9-22-14)15(20)13-6-7-19(10-13)16(21)23-17(3,4)5/h12-14H,6-11H2,1-5H3/t13-,14+/m0/s1. The van der Waals surface area contributed by atoms with Crippen LogP contribution in [-0.2, 0) is 14.3 Å². The number of likely N-dealkylation sites (tertiary alicyclic amines) is 1. The van der Waals surface area contributed by atoms with Crippen LogP contribution in [0.15, 0.2) is 0 Å². The summed E-state index contributed by atoms with van der Waals surface area (Å²) < 4.78 is 11.1. The zero-order chi connectivity index (χ0) is 17.2. The number of nitrogens with zero attached hydrogens (tertiary/aromatic N) is 2. The molecule has 23 heavy (non-hydrogen) atoms. The molecule has 0 N–H and O–H groups in total. The van der Waals surface area contributed by atoms with Gasteiger partial charge in [0.25, 0.3) is 0 Å². The van der Waals surface area contributed by atoms with Gasteiger partial charge in [0, 0.05) is 26.2 Å². The molecule has 6 heteroatoms. The SMILES string of the molecule is CC(C)[C@H]1CN(C(=O)[C@H]2CCN(C(=O)OC(C)(C)C)C2)CCO1. The van der Waals surface area contributed by atoms with Gasteiger partial charge in [0.05, 0.1) is 18.6 Å². The molecule has 0 spiro atoms. The van der Waals surface area contributed by atoms with Crippen molar-refractivity contribution >= 4 is 12.0 Å². The third-order valence-corrected chi connectivity index (χ3v) is 4.34. The molecule has 2 aliphatic rings. The van der Waals surface area contributed by atoms with Crippen molar-refractivity contribution in [3.8, 4) is 0 Å². The topological polar surface area (TPSA) is 59.1 Å². The van der Waals surface area contributed by atoms with Crippen molar-refractivity contribution in [1.29, 1.82) is 0 Å². The first kappa shape index (κ1) is 18.0. The van der Waals surface area contributed by atoms with E-state index in [0.717, 1.165) is 0 Å². The Morgan fingerprint density at radius 2 is 1.83 bits per heavy atom. The third kappa shape index (κ3) is 4.83. The molecule has 2 atom stereocenters. The Bertz CT molecular complexity index is 444. The smallest absolute Gasteiger partial charge is 0.410 e. The van der Waals surface area contributed by atoms with Crippen molar-refractivity contribution in [3.05, 3.63) is 0 Å². The van der Waals surface area contributed by atoms with Gasteiger partial charge in [-0.1, -0.05) is 13.8 Å². The highest BCUT2D eigenvalue weighted by atomic mass is 16.6. The lowest BCUT2D eigenvalue weighted by atomic mass is 10.0. The molecule has 0 bridgehead atoms. The van der Waals surface area contributed by atoms with Crippen LogP contribution < -0.4 is 0 Å². The lowest BCUT2D eigenvalue weighted by Gasteiger charge is -2.36. The fourth-order valence-electron chi connectivity index (χ4n) is 2.99. The fraction of sp³-hybridized carbons (Fsp3) is 0.882. The minimum atomic E-state index is -0.506. The second-order valence-corrected chi connectivity index (χ2v) is 7.85. The van der Waals surface area contributed by atoms with E-state index in [0.29, 0.717) is 45.1 Å². The lowest BCUT2D eigenvalue weighted by molar-refractivity contribution is -0.144. The molecule has 2 heterocycles. The molecule has 0 aromatic heterocycles. The highest BCUT2D eigenvalue weighted by molar-refractivity contribution is 5.81. The van der Waals surface area contributed by atoms with E-state index in [-0.39, 0.29) is 24.0 Å². The molecule has 0 aromatic carbocycles. The first-order chi connectivity index (χ1) is 10.7. The molecular weight excluding hydrogens is 296 g/mol. The minimum absolute atomic E-state index is 0.107. The molecule has 0 saturated carbocycles. The van der Waals surface area contributed by atoms with Gasteiger partial charge >= 0.3 is 6.09 Å². The zero-order valence-electron chi connectivity index (χ0n) is 15.0. The summed E-state index contributed by atoms with van der Waals surface area (Å²) in [6.07, 6.45) is 0.493. The summed E-state index contributed by atoms with van der Waals surface area (Å²) in [5.74, 6) is 0.422. The van der Waals surface area contributed by atoms with Gasteiger partial charge in [0.2, 0.25) is 5.91 Å². The predicted molar refractivity (Wildman–Crippen MR) is 87.1 cm³/mol. The van der Waals surface area contributed by atoms with E-state index in [2.05, 4.69) is 13.8 Å². The number of ether oxygens (including phenoxy) is 2. The van der Waals surface area contributed by atoms with Crippen molar-refractivity contribution in [3.63, 3.8) is 0 Å². The number of hydrogen-bond donors (Lipinski definition) is 0. The Balaban J connectivity index is 1.88. The van der Waals surface area contributed by atoms with E-state index in [4.69, 9.17) is 9.47 Å². The molecular formula is C17H30N2O4. The summed E-state index contributed by atoms with van der Waals surface area (Å²) in [5.41, 5.74) is -0.506. The molecule has 6 nitrogen and oxygen atoms in total. The van der Waals surface area contributed by atoms with Crippen LogP contribution in [0, 0.1) is 11.8 Å². The number of hydrogen-bond acceptors (Lipinski definition) is 4. The van der Waals surface area contributed by atoms with E-state index >= 15 is 0 Å². The van der Waals surface area contributed by atoms with E-state index in [9.17, 15) is 9.59 Å². The highest BCUT2D eigenvalue weighted by Gasteiger charge is 2.37. The average molecular weight is 326 g/mol. The maximum absolute atomic E-state index is 12.7. The Morgan fingerprint density at radius 1 is 1.13 bits per heavy atom. The highest BCUT2D eigenvalue weighted by Crippen LogP contribution is 2.23. The van der Waals surface area contributed by atoms with Gasteiger partial charge in [0.15, 0.2) is 0 Å². The average Bonchev–Trinajstić information content (AvgIpc) is 2.94. The summed E-state index contributed by atoms with van der Waals surface area (Å²) in [6, 6.07) is 0. The second kappa shape index (κ2) is 7.07. The van der Waals surface area contributed by atoms with Crippen molar-refractivity contribution in [1.82, 2.24) is 9.80 Å². The predicted octanol–water partition coefficient (Wildman–Crippen LogP) is 2.13. The van der Waals surface area contributed by atoms with Crippen LogP contribution in [-0.4, -0.2) is 66.3 Å². The number of amides is 2. The summed E-state index contributed by atoms with van der Waals surface area (Å²) >= 11 is 0. The quantitative estimate of drug-likeness (QED) is 0.780. The molecule has 2 fully saturated rings. The van der Waals surface area contributed by atoms with Crippen molar-refractivity contribution in [2.45, 2.75) is 52.7 Å². The Hall–Kier alpha value is -1.30. The van der Waals surface area contributed by atoms with Crippen molar-refractivity contribution in [2.75, 3.05) is 32.8 Å². The van der Waals surface area contributed by atoms with Gasteiger partial charge in [-0.15, -0.1) is 0 Å². The van der Waals surface area contributed by atoms with Crippen molar-refractivity contribution < 1.29 is 19.1 Å². The normalized spacial score (nSPS) is 25.8. The molecule has 132 valence electrons. The Morgan fingerprint density at radius 3 is 2.43 bits per heavy atom. The van der Waals surface area contributed by atoms with Gasteiger partial charge in [-0.05, 0) is 33.1 Å². The van der Waals surface area contributed by atoms with Crippen molar-refractivity contribution in [2.24, 2.45) is 11.8 Å². The molecule has 0 aliphatic carbocycles. The van der Waals surface area contributed by atoms with Crippen LogP contribution >= 0.6 is 0 Å². The summed E-state index contributed by atoms with van der Waals surface area (Å²) in [6.45, 7) is 12.7. The first-order valence-electron chi connectivity index (χ1n) is 8.55. The zero-order valence-corrected chi connectivity index (χ0v) is 15.0. The number of carbonyl (C=O) groups is 2. The number of rotatable bonds is 2. The van der Waals surface area contributed by atoms with E-state index in [1.54, 1.807) is 4.90 Å². The van der Waals surface area contributed by atoms with Crippen LogP contribution in [0.25, 0.3) is 0 Å². The van der Waals surface area contributed by atoms with Crippen LogP contribution in [0.5, 0.6) is 0 Å². The molecule has 0 aromatic rings. The van der Waals surface area contributed by atoms with E-state index < -0.39 is 5.60 Å². The summed E-state index contributed by atoms with van der Waals surface area (Å²) in [4.78, 5) is 28.4. The Kier molecular flexibility index (Phi) is 5.55. The molecule has 2 amide bonds. The lowest BCUT2D eigenvalue weighted by Crippen LogP contribution is -2.49. The van der Waals surface area contributed by atoms with E-state index in [1.807, 2.05) is 25.7 Å². The third-order valence-electron chi connectivity index (χ3n) is 4.34. The van der Waals surface area contributed by atoms with Crippen LogP contribution in [0.2, 0.25) is 0 Å². The largest absolute Gasteiger partial charge is 0.444 e. The Labute approximate surface area is 139 Å². The fourth-order valence-corrected chi connectivity index (χ4v) is 2.99. The van der Waals surface area contributed by atoms with Gasteiger partial charge < -0.3 is 19.3 Å². The second-order valence-electron chi connectivity index (χ2n) is 7.85. The summed E-state index contributed by atoms with van der Waals surface area (Å²) in [7, 11) is 0. The molecule has 0 unspecified atom stereocenters. The minimum Gasteiger partial charge on any atom is -0.444 e. The number of carbonyl (C=O) groups excluding carboxylic acids is 2. The van der Waals surface area contributed by atoms with Gasteiger partial charge in [-0.2, -0.15) is 0 Å². The molecule has 2 aliphatic heterocycles. The maximum atomic E-state index is 12.7. The van der Waals surface area contributed by atoms with Crippen LogP contribution in [0.3, 0.4) is 0 Å². The van der Waals surface area contributed by atoms with Crippen LogP contribution in [0.4, 0.5) is 4.79 Å². The maximum Gasteiger partial charge on any atom is 0.410 e.